The average molecular weight is 414 g/mol. The van der Waals surface area contributed by atoms with Crippen LogP contribution in [0.3, 0.4) is 0 Å². The van der Waals surface area contributed by atoms with Crippen molar-refractivity contribution < 1.29 is 9.85 Å². The van der Waals surface area contributed by atoms with E-state index in [0.29, 0.717) is 6.42 Å². The van der Waals surface area contributed by atoms with E-state index in [1.807, 2.05) is 47.5 Å². The monoisotopic (exact) mass is 414 g/mol. The van der Waals surface area contributed by atoms with E-state index in [2.05, 4.69) is 0 Å². The summed E-state index contributed by atoms with van der Waals surface area (Å²) >= 11 is 0. The van der Waals surface area contributed by atoms with Gasteiger partial charge in [0, 0.05) is 30.7 Å². The summed E-state index contributed by atoms with van der Waals surface area (Å²) in [6.07, 6.45) is 4.38. The Labute approximate surface area is 178 Å². The fourth-order valence-corrected chi connectivity index (χ4v) is 3.43. The van der Waals surface area contributed by atoms with Gasteiger partial charge in [0.15, 0.2) is 0 Å². The van der Waals surface area contributed by atoms with Crippen molar-refractivity contribution in [2.45, 2.75) is 12.5 Å². The Morgan fingerprint density at radius 2 is 1.39 bits per heavy atom. The molecule has 1 aliphatic rings. The highest BCUT2D eigenvalue weighted by atomic mass is 16.6. The van der Waals surface area contributed by atoms with Gasteiger partial charge in [-0.3, -0.25) is 25.2 Å². The molecule has 0 bridgehead atoms. The van der Waals surface area contributed by atoms with E-state index < -0.39 is 9.85 Å². The number of nitrogens with zero attached hydrogens (tertiary/aromatic N) is 4. The zero-order valence-electron chi connectivity index (χ0n) is 16.4. The molecule has 3 aromatic rings. The van der Waals surface area contributed by atoms with E-state index in [-0.39, 0.29) is 17.4 Å². The number of hydrogen-bond acceptors (Lipinski definition) is 6. The van der Waals surface area contributed by atoms with Crippen LogP contribution in [0.5, 0.6) is 0 Å². The molecule has 0 aliphatic carbocycles. The van der Waals surface area contributed by atoms with Crippen LogP contribution in [0.4, 0.5) is 17.1 Å². The number of nitro groups is 2. The second-order valence-corrected chi connectivity index (χ2v) is 7.02. The summed E-state index contributed by atoms with van der Waals surface area (Å²) in [5, 5.41) is 28.4. The van der Waals surface area contributed by atoms with Crippen molar-refractivity contribution in [3.05, 3.63) is 116 Å². The van der Waals surface area contributed by atoms with E-state index in [1.165, 1.54) is 24.3 Å². The lowest BCUT2D eigenvalue weighted by Crippen LogP contribution is -2.18. The molecule has 0 radical (unpaired) electrons. The van der Waals surface area contributed by atoms with Crippen LogP contribution in [0, 0.1) is 20.2 Å². The number of benzene rings is 3. The first-order valence-corrected chi connectivity index (χ1v) is 9.60. The van der Waals surface area contributed by atoms with Gasteiger partial charge in [-0.15, -0.1) is 0 Å². The largest absolute Gasteiger partial charge is 0.269 e. The molecule has 154 valence electrons. The number of non-ortho nitro benzene ring substituents is 2. The highest BCUT2D eigenvalue weighted by molar-refractivity contribution is 6.01. The van der Waals surface area contributed by atoms with Crippen molar-refractivity contribution in [2.24, 2.45) is 5.10 Å². The lowest BCUT2D eigenvalue weighted by Gasteiger charge is -2.23. The molecule has 8 heteroatoms. The van der Waals surface area contributed by atoms with Crippen molar-refractivity contribution >= 4 is 28.8 Å². The summed E-state index contributed by atoms with van der Waals surface area (Å²) < 4.78 is 0. The topological polar surface area (TPSA) is 102 Å². The second kappa shape index (κ2) is 8.58. The fourth-order valence-electron chi connectivity index (χ4n) is 3.43. The fraction of sp³-hybridized carbons (Fsp3) is 0.0870. The van der Waals surface area contributed by atoms with Gasteiger partial charge in [-0.25, -0.2) is 0 Å². The maximum Gasteiger partial charge on any atom is 0.269 e. The molecular weight excluding hydrogens is 396 g/mol. The lowest BCUT2D eigenvalue weighted by molar-refractivity contribution is -0.385. The number of anilines is 1. The van der Waals surface area contributed by atoms with E-state index in [9.17, 15) is 20.2 Å². The summed E-state index contributed by atoms with van der Waals surface area (Å²) in [7, 11) is 0. The van der Waals surface area contributed by atoms with Crippen molar-refractivity contribution in [2.75, 3.05) is 5.01 Å². The third-order valence-electron chi connectivity index (χ3n) is 5.02. The molecule has 0 fully saturated rings. The van der Waals surface area contributed by atoms with E-state index in [4.69, 9.17) is 5.10 Å². The van der Waals surface area contributed by atoms with Gasteiger partial charge in [-0.05, 0) is 41.5 Å². The molecule has 0 aromatic heterocycles. The molecule has 4 rings (SSSR count). The smallest absolute Gasteiger partial charge is 0.258 e. The van der Waals surface area contributed by atoms with Crippen LogP contribution in [0.2, 0.25) is 0 Å². The van der Waals surface area contributed by atoms with Crippen molar-refractivity contribution in [1.29, 1.82) is 0 Å². The molecule has 0 unspecified atom stereocenters. The summed E-state index contributed by atoms with van der Waals surface area (Å²) in [6.45, 7) is 0. The van der Waals surface area contributed by atoms with Crippen molar-refractivity contribution in [1.82, 2.24) is 0 Å². The number of hydrogen-bond donors (Lipinski definition) is 0. The van der Waals surface area contributed by atoms with Crippen LogP contribution in [0.25, 0.3) is 6.08 Å². The maximum absolute atomic E-state index is 11.0. The Hall–Kier alpha value is -4.33. The van der Waals surface area contributed by atoms with Crippen LogP contribution in [-0.2, 0) is 0 Å². The first-order valence-electron chi connectivity index (χ1n) is 9.60. The van der Waals surface area contributed by atoms with E-state index in [0.717, 1.165) is 22.5 Å². The summed E-state index contributed by atoms with van der Waals surface area (Å²) in [5.41, 5.74) is 3.61. The molecular formula is C23H18N4O4. The molecule has 0 saturated carbocycles. The molecule has 31 heavy (non-hydrogen) atoms. The van der Waals surface area contributed by atoms with Gasteiger partial charge in [0.1, 0.15) is 0 Å². The van der Waals surface area contributed by atoms with Crippen LogP contribution < -0.4 is 5.01 Å². The van der Waals surface area contributed by atoms with Gasteiger partial charge >= 0.3 is 0 Å². The normalized spacial score (nSPS) is 15.8. The third-order valence-corrected chi connectivity index (χ3v) is 5.02. The van der Waals surface area contributed by atoms with Gasteiger partial charge in [0.05, 0.1) is 27.3 Å². The van der Waals surface area contributed by atoms with E-state index in [1.54, 1.807) is 24.3 Å². The predicted molar refractivity (Wildman–Crippen MR) is 119 cm³/mol. The van der Waals surface area contributed by atoms with Crippen molar-refractivity contribution in [3.63, 3.8) is 0 Å². The van der Waals surface area contributed by atoms with Crippen LogP contribution >= 0.6 is 0 Å². The van der Waals surface area contributed by atoms with Gasteiger partial charge < -0.3 is 0 Å². The zero-order valence-corrected chi connectivity index (χ0v) is 16.4. The standard InChI is InChI=1S/C23H18N4O4/c28-26(29)21-12-7-17(8-13-21)6-11-19-16-23(18-9-14-22(15-10-18)27(30)31)25(24-19)20-4-2-1-3-5-20/h1-15,23H,16H2/b11-6+/t23-/m1/s1. The number of rotatable bonds is 6. The number of hydrazone groups is 1. The minimum absolute atomic E-state index is 0.0452. The van der Waals surface area contributed by atoms with Crippen molar-refractivity contribution in [3.8, 4) is 0 Å². The maximum atomic E-state index is 11.0. The summed E-state index contributed by atoms with van der Waals surface area (Å²) in [4.78, 5) is 20.9. The molecule has 3 aromatic carbocycles. The number of allylic oxidation sites excluding steroid dienone is 1. The Morgan fingerprint density at radius 1 is 0.806 bits per heavy atom. The predicted octanol–water partition coefficient (Wildman–Crippen LogP) is 5.52. The Bertz CT molecular complexity index is 1160. The average Bonchev–Trinajstić information content (AvgIpc) is 3.23. The first-order chi connectivity index (χ1) is 15.0. The molecule has 1 atom stereocenters. The zero-order chi connectivity index (χ0) is 21.8. The molecule has 0 saturated heterocycles. The van der Waals surface area contributed by atoms with Gasteiger partial charge in [-0.1, -0.05) is 36.4 Å². The van der Waals surface area contributed by atoms with Crippen LogP contribution in [0.15, 0.2) is 90.0 Å². The molecule has 0 N–H and O–H groups in total. The SMILES string of the molecule is O=[N+]([O-])c1ccc(/C=C/C2=NN(c3ccccc3)[C@@H](c3ccc([N+](=O)[O-])cc3)C2)cc1. The molecule has 1 heterocycles. The quantitative estimate of drug-likeness (QED) is 0.390. The summed E-state index contributed by atoms with van der Waals surface area (Å²) in [6, 6.07) is 22.5. The third kappa shape index (κ3) is 4.48. The number of para-hydroxylation sites is 1. The molecule has 0 spiro atoms. The minimum Gasteiger partial charge on any atom is -0.258 e. The Morgan fingerprint density at radius 3 is 1.97 bits per heavy atom. The van der Waals surface area contributed by atoms with Gasteiger partial charge in [0.2, 0.25) is 0 Å². The Kier molecular flexibility index (Phi) is 5.53. The highest BCUT2D eigenvalue weighted by Crippen LogP contribution is 2.36. The summed E-state index contributed by atoms with van der Waals surface area (Å²) in [5.74, 6) is 0. The van der Waals surface area contributed by atoms with Gasteiger partial charge in [-0.2, -0.15) is 5.10 Å². The highest BCUT2D eigenvalue weighted by Gasteiger charge is 2.28. The number of nitro benzene ring substituents is 2. The Balaban J connectivity index is 1.60. The molecule has 0 amide bonds. The molecule has 8 nitrogen and oxygen atoms in total. The van der Waals surface area contributed by atoms with E-state index >= 15 is 0 Å². The van der Waals surface area contributed by atoms with Crippen LogP contribution in [-0.4, -0.2) is 15.6 Å². The minimum atomic E-state index is -0.429. The lowest BCUT2D eigenvalue weighted by atomic mass is 10.0. The second-order valence-electron chi connectivity index (χ2n) is 7.02. The van der Waals surface area contributed by atoms with Gasteiger partial charge in [0.25, 0.3) is 11.4 Å². The molecule has 1 aliphatic heterocycles. The van der Waals surface area contributed by atoms with Crippen LogP contribution in [0.1, 0.15) is 23.6 Å². The first kappa shape index (κ1) is 20.0.